The number of benzene rings is 2. The van der Waals surface area contributed by atoms with Crippen LogP contribution in [0.3, 0.4) is 0 Å². The lowest BCUT2D eigenvalue weighted by Gasteiger charge is -2.10. The number of carbonyl (C=O) groups excluding carboxylic acids is 1. The van der Waals surface area contributed by atoms with E-state index in [-0.39, 0.29) is 17.9 Å². The molecule has 0 saturated carbocycles. The Labute approximate surface area is 168 Å². The summed E-state index contributed by atoms with van der Waals surface area (Å²) in [5, 5.41) is 12.1. The van der Waals surface area contributed by atoms with Crippen molar-refractivity contribution in [2.24, 2.45) is 0 Å². The number of carboxylic acid groups (broad SMARTS) is 1. The minimum absolute atomic E-state index is 0.116. The van der Waals surface area contributed by atoms with Gasteiger partial charge in [-0.2, -0.15) is 0 Å². The van der Waals surface area contributed by atoms with E-state index in [1.54, 1.807) is 18.2 Å². The summed E-state index contributed by atoms with van der Waals surface area (Å²) in [7, 11) is 0. The van der Waals surface area contributed by atoms with Crippen LogP contribution in [-0.4, -0.2) is 17.0 Å². The van der Waals surface area contributed by atoms with E-state index in [4.69, 9.17) is 0 Å². The fourth-order valence-electron chi connectivity index (χ4n) is 3.33. The van der Waals surface area contributed by atoms with E-state index in [1.165, 1.54) is 44.1 Å². The number of hydrogen-bond acceptors (Lipinski definition) is 2. The third-order valence-corrected chi connectivity index (χ3v) is 4.85. The van der Waals surface area contributed by atoms with E-state index >= 15 is 0 Å². The largest absolute Gasteiger partial charge is 0.478 e. The van der Waals surface area contributed by atoms with Crippen molar-refractivity contribution in [3.63, 3.8) is 0 Å². The second kappa shape index (κ2) is 11.3. The van der Waals surface area contributed by atoms with Crippen molar-refractivity contribution < 1.29 is 14.7 Å². The third-order valence-electron chi connectivity index (χ3n) is 4.85. The topological polar surface area (TPSA) is 66.4 Å². The van der Waals surface area contributed by atoms with Gasteiger partial charge >= 0.3 is 5.97 Å². The molecule has 1 amide bonds. The first-order valence-corrected chi connectivity index (χ1v) is 10.2. The van der Waals surface area contributed by atoms with Crippen molar-refractivity contribution in [2.45, 2.75) is 65.2 Å². The van der Waals surface area contributed by atoms with Crippen LogP contribution in [0.5, 0.6) is 0 Å². The van der Waals surface area contributed by atoms with Gasteiger partial charge in [-0.15, -0.1) is 0 Å². The zero-order valence-corrected chi connectivity index (χ0v) is 17.0. The first-order valence-electron chi connectivity index (χ1n) is 10.2. The zero-order chi connectivity index (χ0) is 20.4. The van der Waals surface area contributed by atoms with E-state index < -0.39 is 5.97 Å². The lowest BCUT2D eigenvalue weighted by molar-refractivity contribution is -0.115. The molecule has 4 heteroatoms. The molecule has 0 unspecified atom stereocenters. The predicted octanol–water partition coefficient (Wildman–Crippen LogP) is 5.78. The van der Waals surface area contributed by atoms with Crippen molar-refractivity contribution in [3.05, 3.63) is 64.7 Å². The second-order valence-electron chi connectivity index (χ2n) is 7.42. The molecule has 0 aromatic heterocycles. The molecule has 4 nitrogen and oxygen atoms in total. The maximum Gasteiger partial charge on any atom is 0.337 e. The summed E-state index contributed by atoms with van der Waals surface area (Å²) < 4.78 is 0. The van der Waals surface area contributed by atoms with Crippen LogP contribution in [0.15, 0.2) is 42.5 Å². The molecule has 0 heterocycles. The van der Waals surface area contributed by atoms with Gasteiger partial charge in [0.1, 0.15) is 0 Å². The van der Waals surface area contributed by atoms with Crippen molar-refractivity contribution >= 4 is 17.6 Å². The van der Waals surface area contributed by atoms with Crippen molar-refractivity contribution in [3.8, 4) is 0 Å². The van der Waals surface area contributed by atoms with Crippen molar-refractivity contribution in [1.82, 2.24) is 0 Å². The molecular formula is C24H31NO3. The molecule has 0 bridgehead atoms. The Balaban J connectivity index is 1.90. The quantitative estimate of drug-likeness (QED) is 0.485. The molecule has 2 rings (SSSR count). The smallest absolute Gasteiger partial charge is 0.337 e. The normalized spacial score (nSPS) is 10.6. The summed E-state index contributed by atoms with van der Waals surface area (Å²) in [6.07, 6.45) is 8.86. The van der Waals surface area contributed by atoms with Crippen LogP contribution in [0.2, 0.25) is 0 Å². The van der Waals surface area contributed by atoms with Crippen molar-refractivity contribution in [1.29, 1.82) is 0 Å². The molecule has 2 aromatic rings. The molecule has 0 aliphatic heterocycles. The number of carboxylic acids is 1. The van der Waals surface area contributed by atoms with Crippen LogP contribution in [0.1, 0.15) is 72.5 Å². The highest BCUT2D eigenvalue weighted by molar-refractivity contribution is 6.01. The molecule has 0 fully saturated rings. The number of aryl methyl sites for hydroxylation is 2. The summed E-state index contributed by atoms with van der Waals surface area (Å²) in [4.78, 5) is 23.8. The van der Waals surface area contributed by atoms with Gasteiger partial charge in [-0.05, 0) is 43.0 Å². The Morgan fingerprint density at radius 2 is 1.64 bits per heavy atom. The third kappa shape index (κ3) is 7.18. The maximum atomic E-state index is 12.4. The molecular weight excluding hydrogens is 350 g/mol. The number of aromatic carboxylic acids is 1. The molecule has 0 aliphatic carbocycles. The minimum Gasteiger partial charge on any atom is -0.478 e. The lowest BCUT2D eigenvalue weighted by Crippen LogP contribution is -2.17. The van der Waals surface area contributed by atoms with Gasteiger partial charge in [0.2, 0.25) is 5.91 Å². The Morgan fingerprint density at radius 3 is 2.39 bits per heavy atom. The number of hydrogen-bond donors (Lipinski definition) is 2. The monoisotopic (exact) mass is 381 g/mol. The highest BCUT2D eigenvalue weighted by atomic mass is 16.4. The van der Waals surface area contributed by atoms with E-state index in [9.17, 15) is 14.7 Å². The average molecular weight is 382 g/mol. The first kappa shape index (κ1) is 21.7. The first-order chi connectivity index (χ1) is 13.5. The van der Waals surface area contributed by atoms with Gasteiger partial charge in [0.25, 0.3) is 0 Å². The van der Waals surface area contributed by atoms with Crippen LogP contribution in [-0.2, 0) is 17.6 Å². The molecule has 2 N–H and O–H groups in total. The van der Waals surface area contributed by atoms with Gasteiger partial charge in [-0.25, -0.2) is 4.79 Å². The highest BCUT2D eigenvalue weighted by Crippen LogP contribution is 2.18. The van der Waals surface area contributed by atoms with Gasteiger partial charge < -0.3 is 10.4 Å². The minimum atomic E-state index is -1.04. The molecule has 0 spiro atoms. The van der Waals surface area contributed by atoms with Crippen LogP contribution < -0.4 is 5.32 Å². The standard InChI is InChI=1S/C24H31NO3/c1-3-4-5-6-7-8-10-19-11-9-12-20(16-19)17-23(26)25-22-14-13-18(2)15-21(22)24(27)28/h9,11-16H,3-8,10,17H2,1-2H3,(H,25,26)(H,27,28). The Morgan fingerprint density at radius 1 is 0.929 bits per heavy atom. The summed E-state index contributed by atoms with van der Waals surface area (Å²) in [6, 6.07) is 13.1. The van der Waals surface area contributed by atoms with Crippen LogP contribution in [0, 0.1) is 6.92 Å². The highest BCUT2D eigenvalue weighted by Gasteiger charge is 2.13. The second-order valence-corrected chi connectivity index (χ2v) is 7.42. The summed E-state index contributed by atoms with van der Waals surface area (Å²) in [5.74, 6) is -1.25. The Bertz CT molecular complexity index is 798. The zero-order valence-electron chi connectivity index (χ0n) is 17.0. The van der Waals surface area contributed by atoms with Gasteiger partial charge in [0.05, 0.1) is 17.7 Å². The van der Waals surface area contributed by atoms with E-state index in [0.29, 0.717) is 5.69 Å². The molecule has 28 heavy (non-hydrogen) atoms. The number of anilines is 1. The number of amides is 1. The fraction of sp³-hybridized carbons (Fsp3) is 0.417. The lowest BCUT2D eigenvalue weighted by atomic mass is 10.0. The molecule has 0 atom stereocenters. The summed E-state index contributed by atoms with van der Waals surface area (Å²) >= 11 is 0. The predicted molar refractivity (Wildman–Crippen MR) is 114 cm³/mol. The van der Waals surface area contributed by atoms with Crippen molar-refractivity contribution in [2.75, 3.05) is 5.32 Å². The molecule has 0 aliphatic rings. The van der Waals surface area contributed by atoms with Crippen LogP contribution >= 0.6 is 0 Å². The van der Waals surface area contributed by atoms with Crippen LogP contribution in [0.4, 0.5) is 5.69 Å². The Hall–Kier alpha value is -2.62. The number of unbranched alkanes of at least 4 members (excludes halogenated alkanes) is 5. The number of nitrogens with one attached hydrogen (secondary N) is 1. The van der Waals surface area contributed by atoms with Gasteiger partial charge in [0, 0.05) is 0 Å². The molecule has 2 aromatic carbocycles. The summed E-state index contributed by atoms with van der Waals surface area (Å²) in [5.41, 5.74) is 3.50. The Kier molecular flexibility index (Phi) is 8.73. The van der Waals surface area contributed by atoms with Gasteiger partial charge in [0.15, 0.2) is 0 Å². The van der Waals surface area contributed by atoms with Gasteiger partial charge in [-0.1, -0.05) is 74.9 Å². The average Bonchev–Trinajstić information content (AvgIpc) is 2.66. The number of carbonyl (C=O) groups is 2. The van der Waals surface area contributed by atoms with Gasteiger partial charge in [-0.3, -0.25) is 4.79 Å². The molecule has 0 radical (unpaired) electrons. The maximum absolute atomic E-state index is 12.4. The van der Waals surface area contributed by atoms with E-state index in [0.717, 1.165) is 17.5 Å². The van der Waals surface area contributed by atoms with E-state index in [2.05, 4.69) is 24.4 Å². The van der Waals surface area contributed by atoms with E-state index in [1.807, 2.05) is 19.1 Å². The fourth-order valence-corrected chi connectivity index (χ4v) is 3.33. The summed E-state index contributed by atoms with van der Waals surface area (Å²) in [6.45, 7) is 4.05. The molecule has 0 saturated heterocycles. The SMILES string of the molecule is CCCCCCCCc1cccc(CC(=O)Nc2ccc(C)cc2C(=O)O)c1. The number of rotatable bonds is 11. The molecule has 150 valence electrons. The van der Waals surface area contributed by atoms with Crippen LogP contribution in [0.25, 0.3) is 0 Å².